The van der Waals surface area contributed by atoms with Gasteiger partial charge >= 0.3 is 0 Å². The predicted octanol–water partition coefficient (Wildman–Crippen LogP) is 2.91. The monoisotopic (exact) mass is 169 g/mol. The molecule has 1 saturated heterocycles. The Labute approximate surface area is 77.1 Å². The van der Waals surface area contributed by atoms with Gasteiger partial charge in [0.2, 0.25) is 0 Å². The third kappa shape index (κ3) is 2.22. The van der Waals surface area contributed by atoms with Gasteiger partial charge in [0.05, 0.1) is 0 Å². The predicted molar refractivity (Wildman–Crippen MR) is 54.3 cm³/mol. The molecule has 1 aliphatic rings. The third-order valence-corrected chi connectivity index (χ3v) is 3.39. The van der Waals surface area contributed by atoms with Gasteiger partial charge in [-0.1, -0.05) is 13.8 Å². The van der Waals surface area contributed by atoms with E-state index in [1.54, 1.807) is 0 Å². The molecule has 0 saturated carbocycles. The lowest BCUT2D eigenvalue weighted by atomic mass is 9.90. The molecule has 0 spiro atoms. The number of nitrogens with zero attached hydrogens (tertiary/aromatic N) is 1. The van der Waals surface area contributed by atoms with E-state index in [1.165, 1.54) is 32.2 Å². The first-order valence-corrected chi connectivity index (χ1v) is 5.26. The van der Waals surface area contributed by atoms with E-state index in [0.717, 1.165) is 5.92 Å². The van der Waals surface area contributed by atoms with Crippen molar-refractivity contribution in [3.05, 3.63) is 0 Å². The van der Waals surface area contributed by atoms with Crippen molar-refractivity contribution in [2.24, 2.45) is 5.92 Å². The molecule has 1 fully saturated rings. The molecule has 0 aromatic rings. The molecule has 1 rings (SSSR count). The highest BCUT2D eigenvalue weighted by molar-refractivity contribution is 4.89. The van der Waals surface area contributed by atoms with Gasteiger partial charge in [0, 0.05) is 5.54 Å². The van der Waals surface area contributed by atoms with Crippen molar-refractivity contribution in [3.8, 4) is 0 Å². The Morgan fingerprint density at radius 3 is 2.50 bits per heavy atom. The molecule has 1 atom stereocenters. The van der Waals surface area contributed by atoms with Crippen molar-refractivity contribution in [3.63, 3.8) is 0 Å². The maximum absolute atomic E-state index is 2.54. The standard InChI is InChI=1S/C11H23N/c1-10(2)6-8-11(3)7-5-9-12(11)4/h10H,5-9H2,1-4H3. The van der Waals surface area contributed by atoms with Crippen LogP contribution in [0.1, 0.15) is 46.5 Å². The van der Waals surface area contributed by atoms with E-state index in [2.05, 4.69) is 32.7 Å². The highest BCUT2D eigenvalue weighted by atomic mass is 15.2. The molecule has 1 aliphatic heterocycles. The lowest BCUT2D eigenvalue weighted by molar-refractivity contribution is 0.172. The highest BCUT2D eigenvalue weighted by Gasteiger charge is 2.33. The Bertz CT molecular complexity index is 142. The quantitative estimate of drug-likeness (QED) is 0.628. The zero-order chi connectivity index (χ0) is 9.19. The minimum absolute atomic E-state index is 0.518. The van der Waals surface area contributed by atoms with Gasteiger partial charge < -0.3 is 4.90 Å². The number of hydrogen-bond donors (Lipinski definition) is 0. The molecular formula is C11H23N. The van der Waals surface area contributed by atoms with Gasteiger partial charge in [-0.2, -0.15) is 0 Å². The maximum Gasteiger partial charge on any atom is 0.0179 e. The minimum atomic E-state index is 0.518. The lowest BCUT2D eigenvalue weighted by Crippen LogP contribution is -2.38. The topological polar surface area (TPSA) is 3.24 Å². The Morgan fingerprint density at radius 2 is 2.08 bits per heavy atom. The van der Waals surface area contributed by atoms with Crippen molar-refractivity contribution < 1.29 is 0 Å². The average Bonchev–Trinajstić information content (AvgIpc) is 2.30. The molecule has 72 valence electrons. The normalized spacial score (nSPS) is 31.8. The van der Waals surface area contributed by atoms with E-state index < -0.39 is 0 Å². The summed E-state index contributed by atoms with van der Waals surface area (Å²) >= 11 is 0. The minimum Gasteiger partial charge on any atom is -0.301 e. The highest BCUT2D eigenvalue weighted by Crippen LogP contribution is 2.32. The molecule has 0 aromatic carbocycles. The Morgan fingerprint density at radius 1 is 1.42 bits per heavy atom. The Kier molecular flexibility index (Phi) is 3.16. The largest absolute Gasteiger partial charge is 0.301 e. The van der Waals surface area contributed by atoms with E-state index in [4.69, 9.17) is 0 Å². The maximum atomic E-state index is 2.54. The first kappa shape index (κ1) is 10.0. The number of hydrogen-bond acceptors (Lipinski definition) is 1. The molecule has 0 amide bonds. The van der Waals surface area contributed by atoms with Crippen LogP contribution in [0.4, 0.5) is 0 Å². The van der Waals surface area contributed by atoms with E-state index in [0.29, 0.717) is 5.54 Å². The summed E-state index contributed by atoms with van der Waals surface area (Å²) in [4.78, 5) is 2.54. The third-order valence-electron chi connectivity index (χ3n) is 3.39. The smallest absolute Gasteiger partial charge is 0.0179 e. The molecule has 12 heavy (non-hydrogen) atoms. The van der Waals surface area contributed by atoms with Crippen LogP contribution in [-0.4, -0.2) is 24.0 Å². The van der Waals surface area contributed by atoms with Gasteiger partial charge in [-0.05, 0) is 52.1 Å². The summed E-state index contributed by atoms with van der Waals surface area (Å²) in [5.41, 5.74) is 0.518. The second-order valence-electron chi connectivity index (χ2n) is 4.95. The Hall–Kier alpha value is -0.0400. The van der Waals surface area contributed by atoms with Crippen LogP contribution in [0.25, 0.3) is 0 Å². The van der Waals surface area contributed by atoms with E-state index in [1.807, 2.05) is 0 Å². The molecule has 0 radical (unpaired) electrons. The SMILES string of the molecule is CC(C)CCC1(C)CCCN1C. The molecule has 1 heteroatoms. The first-order chi connectivity index (χ1) is 5.54. The summed E-state index contributed by atoms with van der Waals surface area (Å²) in [6.45, 7) is 8.35. The molecular weight excluding hydrogens is 146 g/mol. The van der Waals surface area contributed by atoms with Crippen LogP contribution in [0.15, 0.2) is 0 Å². The van der Waals surface area contributed by atoms with Crippen molar-refractivity contribution in [2.45, 2.75) is 52.0 Å². The van der Waals surface area contributed by atoms with Crippen molar-refractivity contribution in [1.82, 2.24) is 4.90 Å². The fourth-order valence-electron chi connectivity index (χ4n) is 2.07. The molecule has 0 aliphatic carbocycles. The van der Waals surface area contributed by atoms with Gasteiger partial charge in [0.25, 0.3) is 0 Å². The number of likely N-dealkylation sites (tertiary alicyclic amines) is 1. The van der Waals surface area contributed by atoms with Gasteiger partial charge in [-0.15, -0.1) is 0 Å². The van der Waals surface area contributed by atoms with Gasteiger partial charge in [0.15, 0.2) is 0 Å². The van der Waals surface area contributed by atoms with Crippen molar-refractivity contribution in [1.29, 1.82) is 0 Å². The molecule has 0 bridgehead atoms. The summed E-state index contributed by atoms with van der Waals surface area (Å²) in [5, 5.41) is 0. The molecule has 1 nitrogen and oxygen atoms in total. The molecule has 1 unspecified atom stereocenters. The van der Waals surface area contributed by atoms with Crippen LogP contribution in [0.5, 0.6) is 0 Å². The zero-order valence-electron chi connectivity index (χ0n) is 9.06. The summed E-state index contributed by atoms with van der Waals surface area (Å²) in [6.07, 6.45) is 5.54. The van der Waals surface area contributed by atoms with E-state index >= 15 is 0 Å². The molecule has 0 aromatic heterocycles. The summed E-state index contributed by atoms with van der Waals surface area (Å²) in [6, 6.07) is 0. The van der Waals surface area contributed by atoms with Crippen LogP contribution in [0, 0.1) is 5.92 Å². The van der Waals surface area contributed by atoms with Crippen LogP contribution in [-0.2, 0) is 0 Å². The van der Waals surface area contributed by atoms with Crippen LogP contribution >= 0.6 is 0 Å². The second-order valence-corrected chi connectivity index (χ2v) is 4.95. The first-order valence-electron chi connectivity index (χ1n) is 5.26. The molecule has 0 N–H and O–H groups in total. The van der Waals surface area contributed by atoms with E-state index in [9.17, 15) is 0 Å². The average molecular weight is 169 g/mol. The Balaban J connectivity index is 2.37. The van der Waals surface area contributed by atoms with Gasteiger partial charge in [0.1, 0.15) is 0 Å². The molecule has 1 heterocycles. The zero-order valence-corrected chi connectivity index (χ0v) is 9.06. The fraction of sp³-hybridized carbons (Fsp3) is 1.00. The van der Waals surface area contributed by atoms with Crippen LogP contribution < -0.4 is 0 Å². The second kappa shape index (κ2) is 3.78. The fourth-order valence-corrected chi connectivity index (χ4v) is 2.07. The van der Waals surface area contributed by atoms with E-state index in [-0.39, 0.29) is 0 Å². The lowest BCUT2D eigenvalue weighted by Gasteiger charge is -2.32. The summed E-state index contributed by atoms with van der Waals surface area (Å²) in [7, 11) is 2.27. The van der Waals surface area contributed by atoms with Crippen LogP contribution in [0.2, 0.25) is 0 Å². The van der Waals surface area contributed by atoms with Gasteiger partial charge in [-0.25, -0.2) is 0 Å². The number of rotatable bonds is 3. The summed E-state index contributed by atoms with van der Waals surface area (Å²) < 4.78 is 0. The van der Waals surface area contributed by atoms with Gasteiger partial charge in [-0.3, -0.25) is 0 Å². The summed E-state index contributed by atoms with van der Waals surface area (Å²) in [5.74, 6) is 0.857. The van der Waals surface area contributed by atoms with Crippen molar-refractivity contribution >= 4 is 0 Å². The van der Waals surface area contributed by atoms with Crippen molar-refractivity contribution in [2.75, 3.05) is 13.6 Å². The van der Waals surface area contributed by atoms with Crippen LogP contribution in [0.3, 0.4) is 0 Å².